The molecular weight excluding hydrogens is 404 g/mol. The Balaban J connectivity index is 3.44. The molecular formula is C31H56S. The van der Waals surface area contributed by atoms with Gasteiger partial charge in [0.1, 0.15) is 0 Å². The first-order valence-electron chi connectivity index (χ1n) is 12.9. The summed E-state index contributed by atoms with van der Waals surface area (Å²) in [4.78, 5) is 0. The maximum Gasteiger partial charge on any atom is -0.000968 e. The minimum atomic E-state index is 0.0819. The number of hydrogen-bond acceptors (Lipinski definition) is 1. The maximum absolute atomic E-state index is 2.54. The molecule has 0 radical (unpaired) electrons. The van der Waals surface area contributed by atoms with E-state index in [1.54, 1.807) is 0 Å². The molecule has 0 aliphatic heterocycles. The Labute approximate surface area is 207 Å². The van der Waals surface area contributed by atoms with Crippen molar-refractivity contribution in [1.29, 1.82) is 0 Å². The summed E-state index contributed by atoms with van der Waals surface area (Å²) in [5, 5.41) is 0.720. The van der Waals surface area contributed by atoms with Gasteiger partial charge in [0.15, 0.2) is 0 Å². The van der Waals surface area contributed by atoms with E-state index in [4.69, 9.17) is 0 Å². The molecule has 0 bridgehead atoms. The highest BCUT2D eigenvalue weighted by Gasteiger charge is 2.42. The first-order chi connectivity index (χ1) is 14.1. The van der Waals surface area contributed by atoms with E-state index in [-0.39, 0.29) is 21.7 Å². The maximum atomic E-state index is 2.54. The molecule has 0 atom stereocenters. The van der Waals surface area contributed by atoms with E-state index in [9.17, 15) is 0 Å². The van der Waals surface area contributed by atoms with Crippen LogP contribution in [-0.2, 0) is 16.2 Å². The third-order valence-corrected chi connectivity index (χ3v) is 9.66. The lowest BCUT2D eigenvalue weighted by molar-refractivity contribution is 0.108. The third kappa shape index (κ3) is 7.28. The van der Waals surface area contributed by atoms with Gasteiger partial charge in [-0.25, -0.2) is 0 Å². The fourth-order valence-electron chi connectivity index (χ4n) is 4.59. The summed E-state index contributed by atoms with van der Waals surface area (Å²) >= 11 is 2.10. The fourth-order valence-corrected chi connectivity index (χ4v) is 5.74. The van der Waals surface area contributed by atoms with Gasteiger partial charge in [0, 0.05) is 0 Å². The van der Waals surface area contributed by atoms with Gasteiger partial charge >= 0.3 is 0 Å². The lowest BCUT2D eigenvalue weighted by atomic mass is 9.57. The van der Waals surface area contributed by atoms with Gasteiger partial charge in [-0.1, -0.05) is 122 Å². The number of hydrogen-bond donors (Lipinski definition) is 0. The molecule has 0 fully saturated rings. The van der Waals surface area contributed by atoms with E-state index in [1.165, 1.54) is 35.3 Å². The zero-order valence-electron chi connectivity index (χ0n) is 24.4. The molecule has 0 heterocycles. The Kier molecular flexibility index (Phi) is 9.30. The summed E-state index contributed by atoms with van der Waals surface area (Å²) in [6.07, 6.45) is 2.51. The summed E-state index contributed by atoms with van der Waals surface area (Å²) in [7, 11) is 0. The van der Waals surface area contributed by atoms with Crippen LogP contribution in [-0.4, -0.2) is 11.0 Å². The molecule has 32 heavy (non-hydrogen) atoms. The summed E-state index contributed by atoms with van der Waals surface area (Å²) in [6.45, 7) is 36.1. The van der Waals surface area contributed by atoms with Crippen molar-refractivity contribution in [3.8, 4) is 0 Å². The van der Waals surface area contributed by atoms with Crippen LogP contribution in [0.1, 0.15) is 133 Å². The molecule has 0 spiro atoms. The normalized spacial score (nSPS) is 14.5. The van der Waals surface area contributed by atoms with Gasteiger partial charge < -0.3 is 0 Å². The Hall–Kier alpha value is -0.430. The van der Waals surface area contributed by atoms with E-state index >= 15 is 0 Å². The standard InChI is InChI=1S/C31H56S/c1-22(2)30(12,13)25-18-24(27(5,6)7)19-26(20-25)31(14,15)29(10,11)21-28(8,9)16-17-32-23(3)4/h18-20,22-23H,16-17,21H2,1-15H3. The second-order valence-corrected chi connectivity index (χ2v) is 16.1. The molecule has 0 aliphatic rings. The van der Waals surface area contributed by atoms with Crippen LogP contribution in [0.4, 0.5) is 0 Å². The summed E-state index contributed by atoms with van der Waals surface area (Å²) < 4.78 is 0. The Morgan fingerprint density at radius 2 is 1.16 bits per heavy atom. The van der Waals surface area contributed by atoms with Crippen LogP contribution >= 0.6 is 11.8 Å². The van der Waals surface area contributed by atoms with Crippen LogP contribution in [0.15, 0.2) is 18.2 Å². The lowest BCUT2D eigenvalue weighted by Crippen LogP contribution is -2.40. The van der Waals surface area contributed by atoms with Gasteiger partial charge in [-0.2, -0.15) is 11.8 Å². The van der Waals surface area contributed by atoms with Crippen molar-refractivity contribution in [2.45, 2.75) is 138 Å². The van der Waals surface area contributed by atoms with Crippen LogP contribution in [0, 0.1) is 16.7 Å². The van der Waals surface area contributed by atoms with Crippen LogP contribution < -0.4 is 0 Å². The molecule has 0 unspecified atom stereocenters. The highest BCUT2D eigenvalue weighted by atomic mass is 32.2. The second kappa shape index (κ2) is 10.1. The first-order valence-corrected chi connectivity index (χ1v) is 14.0. The number of thioether (sulfide) groups is 1. The van der Waals surface area contributed by atoms with Crippen molar-refractivity contribution in [2.24, 2.45) is 16.7 Å². The SMILES string of the molecule is CC(C)SCCC(C)(C)CC(C)(C)C(C)(C)c1cc(C(C)(C)C)cc(C(C)(C)C(C)C)c1. The molecule has 1 aromatic carbocycles. The van der Waals surface area contributed by atoms with Crippen LogP contribution in [0.3, 0.4) is 0 Å². The molecule has 0 nitrogen and oxygen atoms in total. The predicted molar refractivity (Wildman–Crippen MR) is 150 cm³/mol. The minimum absolute atomic E-state index is 0.0819. The van der Waals surface area contributed by atoms with Gasteiger partial charge in [0.25, 0.3) is 0 Å². The fraction of sp³-hybridized carbons (Fsp3) is 0.806. The van der Waals surface area contributed by atoms with Crippen molar-refractivity contribution >= 4 is 11.8 Å². The predicted octanol–water partition coefficient (Wildman–Crippen LogP) is 10.2. The van der Waals surface area contributed by atoms with E-state index in [1.807, 2.05) is 0 Å². The zero-order chi connectivity index (χ0) is 25.3. The molecule has 0 aliphatic carbocycles. The zero-order valence-corrected chi connectivity index (χ0v) is 25.2. The van der Waals surface area contributed by atoms with Crippen LogP contribution in [0.25, 0.3) is 0 Å². The average molecular weight is 461 g/mol. The van der Waals surface area contributed by atoms with Crippen molar-refractivity contribution in [3.63, 3.8) is 0 Å². The van der Waals surface area contributed by atoms with Crippen LogP contribution in [0.2, 0.25) is 0 Å². The van der Waals surface area contributed by atoms with Crippen molar-refractivity contribution in [1.82, 2.24) is 0 Å². The monoisotopic (exact) mass is 460 g/mol. The van der Waals surface area contributed by atoms with Gasteiger partial charge in [0.2, 0.25) is 0 Å². The Morgan fingerprint density at radius 3 is 1.59 bits per heavy atom. The van der Waals surface area contributed by atoms with Crippen molar-refractivity contribution < 1.29 is 0 Å². The van der Waals surface area contributed by atoms with E-state index < -0.39 is 0 Å². The van der Waals surface area contributed by atoms with Gasteiger partial charge in [-0.15, -0.1) is 0 Å². The van der Waals surface area contributed by atoms with Crippen LogP contribution in [0.5, 0.6) is 0 Å². The van der Waals surface area contributed by atoms with Gasteiger partial charge in [0.05, 0.1) is 0 Å². The molecule has 1 rings (SSSR count). The average Bonchev–Trinajstić information content (AvgIpc) is 2.58. The highest BCUT2D eigenvalue weighted by Crippen LogP contribution is 2.50. The molecule has 0 N–H and O–H groups in total. The summed E-state index contributed by atoms with van der Waals surface area (Å²) in [5.74, 6) is 1.85. The van der Waals surface area contributed by atoms with Gasteiger partial charge in [-0.3, -0.25) is 0 Å². The largest absolute Gasteiger partial charge is 0.159 e. The molecule has 186 valence electrons. The lowest BCUT2D eigenvalue weighted by Gasteiger charge is -2.47. The quantitative estimate of drug-likeness (QED) is 0.334. The summed E-state index contributed by atoms with van der Waals surface area (Å²) in [6, 6.07) is 7.54. The molecule has 0 saturated heterocycles. The van der Waals surface area contributed by atoms with E-state index in [0.29, 0.717) is 11.3 Å². The third-order valence-electron chi connectivity index (χ3n) is 8.55. The Morgan fingerprint density at radius 1 is 0.688 bits per heavy atom. The van der Waals surface area contributed by atoms with E-state index in [2.05, 4.69) is 134 Å². The van der Waals surface area contributed by atoms with Crippen molar-refractivity contribution in [2.75, 3.05) is 5.75 Å². The van der Waals surface area contributed by atoms with E-state index in [0.717, 1.165) is 5.25 Å². The second-order valence-electron chi connectivity index (χ2n) is 14.4. The Bertz CT molecular complexity index is 738. The molecule has 0 amide bonds. The smallest absolute Gasteiger partial charge is 0.000968 e. The number of rotatable bonds is 10. The summed E-state index contributed by atoms with van der Waals surface area (Å²) in [5.41, 5.74) is 5.37. The minimum Gasteiger partial charge on any atom is -0.159 e. The highest BCUT2D eigenvalue weighted by molar-refractivity contribution is 7.99. The topological polar surface area (TPSA) is 0 Å². The number of benzene rings is 1. The molecule has 0 aromatic heterocycles. The molecule has 1 aromatic rings. The van der Waals surface area contributed by atoms with Crippen molar-refractivity contribution in [3.05, 3.63) is 34.9 Å². The van der Waals surface area contributed by atoms with Gasteiger partial charge in [-0.05, 0) is 73.5 Å². The first kappa shape index (κ1) is 29.6. The molecule has 1 heteroatoms. The molecule has 0 saturated carbocycles.